The van der Waals surface area contributed by atoms with Gasteiger partial charge in [-0.2, -0.15) is 4.98 Å². The van der Waals surface area contributed by atoms with Crippen LogP contribution in [0.1, 0.15) is 24.5 Å². The molecule has 11 heteroatoms. The van der Waals surface area contributed by atoms with Crippen LogP contribution >= 0.6 is 0 Å². The van der Waals surface area contributed by atoms with Gasteiger partial charge in [0.15, 0.2) is 0 Å². The Morgan fingerprint density at radius 2 is 1.83 bits per heavy atom. The third-order valence-electron chi connectivity index (χ3n) is 5.40. The van der Waals surface area contributed by atoms with Gasteiger partial charge >= 0.3 is 6.36 Å². The van der Waals surface area contributed by atoms with Crippen LogP contribution in [0.2, 0.25) is 0 Å². The number of hydrogen-bond acceptors (Lipinski definition) is 7. The SMILES string of the molecule is CC(=O)Nc1cccc(Nc2ncnc(N3CC=C(c4ccc(OC(F)(F)F)cc4)CC3)n2)c1C. The molecule has 0 saturated heterocycles. The topological polar surface area (TPSA) is 92.3 Å². The molecular formula is C24H23F3N6O2. The van der Waals surface area contributed by atoms with E-state index >= 15 is 0 Å². The predicted octanol–water partition coefficient (Wildman–Crippen LogP) is 5.07. The zero-order valence-corrected chi connectivity index (χ0v) is 19.1. The molecule has 35 heavy (non-hydrogen) atoms. The second kappa shape index (κ2) is 10.00. The molecule has 0 unspecified atom stereocenters. The summed E-state index contributed by atoms with van der Waals surface area (Å²) >= 11 is 0. The average Bonchev–Trinajstić information content (AvgIpc) is 2.81. The molecule has 1 aromatic heterocycles. The van der Waals surface area contributed by atoms with Crippen LogP contribution < -0.4 is 20.3 Å². The monoisotopic (exact) mass is 484 g/mol. The van der Waals surface area contributed by atoms with E-state index in [0.29, 0.717) is 37.1 Å². The highest BCUT2D eigenvalue weighted by molar-refractivity contribution is 5.90. The highest BCUT2D eigenvalue weighted by Gasteiger charge is 2.31. The molecule has 0 aliphatic carbocycles. The number of hydrogen-bond donors (Lipinski definition) is 2. The first-order chi connectivity index (χ1) is 16.7. The second-order valence-corrected chi connectivity index (χ2v) is 7.89. The first-order valence-corrected chi connectivity index (χ1v) is 10.8. The Morgan fingerprint density at radius 3 is 2.49 bits per heavy atom. The summed E-state index contributed by atoms with van der Waals surface area (Å²) in [6.45, 7) is 4.51. The van der Waals surface area contributed by atoms with Gasteiger partial charge in [0.2, 0.25) is 17.8 Å². The van der Waals surface area contributed by atoms with Crippen LogP contribution in [-0.4, -0.2) is 40.3 Å². The van der Waals surface area contributed by atoms with Gasteiger partial charge in [-0.1, -0.05) is 24.3 Å². The molecule has 1 amide bonds. The molecule has 0 fully saturated rings. The fraction of sp³-hybridized carbons (Fsp3) is 0.250. The van der Waals surface area contributed by atoms with Crippen molar-refractivity contribution < 1.29 is 22.7 Å². The summed E-state index contributed by atoms with van der Waals surface area (Å²) in [7, 11) is 0. The Kier molecular flexibility index (Phi) is 6.85. The quantitative estimate of drug-likeness (QED) is 0.504. The molecule has 1 aliphatic rings. The number of halogens is 3. The molecule has 1 aliphatic heterocycles. The lowest BCUT2D eigenvalue weighted by Crippen LogP contribution is -2.30. The summed E-state index contributed by atoms with van der Waals surface area (Å²) in [5, 5.41) is 5.96. The summed E-state index contributed by atoms with van der Waals surface area (Å²) in [4.78, 5) is 26.4. The smallest absolute Gasteiger partial charge is 0.406 e. The lowest BCUT2D eigenvalue weighted by atomic mass is 9.99. The van der Waals surface area contributed by atoms with Gasteiger partial charge in [0.25, 0.3) is 0 Å². The van der Waals surface area contributed by atoms with E-state index < -0.39 is 6.36 Å². The molecule has 4 rings (SSSR count). The van der Waals surface area contributed by atoms with Crippen molar-refractivity contribution in [3.63, 3.8) is 0 Å². The first kappa shape index (κ1) is 24.0. The number of amides is 1. The van der Waals surface area contributed by atoms with E-state index in [1.807, 2.05) is 36.1 Å². The van der Waals surface area contributed by atoms with Crippen molar-refractivity contribution in [3.8, 4) is 5.75 Å². The van der Waals surface area contributed by atoms with Crippen LogP contribution in [0.4, 0.5) is 36.4 Å². The van der Waals surface area contributed by atoms with Crippen LogP contribution in [-0.2, 0) is 4.79 Å². The van der Waals surface area contributed by atoms with Gasteiger partial charge in [-0.25, -0.2) is 9.97 Å². The molecule has 0 spiro atoms. The highest BCUT2D eigenvalue weighted by atomic mass is 19.4. The van der Waals surface area contributed by atoms with Crippen LogP contribution in [0, 0.1) is 6.92 Å². The number of anilines is 4. The Bertz CT molecular complexity index is 1240. The van der Waals surface area contributed by atoms with E-state index in [4.69, 9.17) is 0 Å². The van der Waals surface area contributed by atoms with Crippen LogP contribution in [0.5, 0.6) is 5.75 Å². The van der Waals surface area contributed by atoms with Crippen LogP contribution in [0.15, 0.2) is 54.9 Å². The van der Waals surface area contributed by atoms with Crippen molar-refractivity contribution in [3.05, 3.63) is 66.0 Å². The predicted molar refractivity (Wildman–Crippen MR) is 127 cm³/mol. The minimum atomic E-state index is -4.71. The number of benzene rings is 2. The lowest BCUT2D eigenvalue weighted by molar-refractivity contribution is -0.274. The fourth-order valence-corrected chi connectivity index (χ4v) is 3.70. The van der Waals surface area contributed by atoms with E-state index in [2.05, 4.69) is 30.3 Å². The molecule has 0 radical (unpaired) electrons. The third-order valence-corrected chi connectivity index (χ3v) is 5.40. The number of aromatic nitrogens is 3. The second-order valence-electron chi connectivity index (χ2n) is 7.89. The number of nitrogens with zero attached hydrogens (tertiary/aromatic N) is 4. The molecule has 0 bridgehead atoms. The van der Waals surface area contributed by atoms with E-state index in [9.17, 15) is 18.0 Å². The third kappa shape index (κ3) is 6.25. The van der Waals surface area contributed by atoms with E-state index in [1.54, 1.807) is 12.1 Å². The van der Waals surface area contributed by atoms with Gasteiger partial charge < -0.3 is 20.3 Å². The number of alkyl halides is 3. The van der Waals surface area contributed by atoms with Gasteiger partial charge in [0, 0.05) is 31.4 Å². The van der Waals surface area contributed by atoms with E-state index in [0.717, 1.165) is 22.4 Å². The number of carbonyl (C=O) groups is 1. The fourth-order valence-electron chi connectivity index (χ4n) is 3.70. The number of ether oxygens (including phenoxy) is 1. The largest absolute Gasteiger partial charge is 0.573 e. The molecular weight excluding hydrogens is 461 g/mol. The highest BCUT2D eigenvalue weighted by Crippen LogP contribution is 2.29. The lowest BCUT2D eigenvalue weighted by Gasteiger charge is -2.26. The first-order valence-electron chi connectivity index (χ1n) is 10.8. The minimum absolute atomic E-state index is 0.157. The normalized spacial score (nSPS) is 13.7. The molecule has 2 aromatic carbocycles. The molecule has 2 heterocycles. The minimum Gasteiger partial charge on any atom is -0.406 e. The van der Waals surface area contributed by atoms with Crippen molar-refractivity contribution in [2.45, 2.75) is 26.6 Å². The molecule has 182 valence electrons. The number of carbonyl (C=O) groups excluding carboxylic acids is 1. The van der Waals surface area contributed by atoms with Gasteiger partial charge in [0.05, 0.1) is 0 Å². The Hall–Kier alpha value is -4.15. The molecule has 0 atom stereocenters. The average molecular weight is 484 g/mol. The summed E-state index contributed by atoms with van der Waals surface area (Å²) in [6, 6.07) is 11.4. The Labute approximate surface area is 199 Å². The Balaban J connectivity index is 1.43. The maximum atomic E-state index is 12.4. The zero-order valence-electron chi connectivity index (χ0n) is 19.1. The molecule has 0 saturated carbocycles. The summed E-state index contributed by atoms with van der Waals surface area (Å²) in [6.07, 6.45) is -0.611. The van der Waals surface area contributed by atoms with Gasteiger partial charge in [-0.05, 0) is 54.3 Å². The summed E-state index contributed by atoms with van der Waals surface area (Å²) in [5.74, 6) is 0.466. The van der Waals surface area contributed by atoms with Gasteiger partial charge in [-0.3, -0.25) is 4.79 Å². The number of rotatable bonds is 6. The van der Waals surface area contributed by atoms with Gasteiger partial charge in [-0.15, -0.1) is 13.2 Å². The van der Waals surface area contributed by atoms with E-state index in [1.165, 1.54) is 25.4 Å². The maximum absolute atomic E-state index is 12.4. The van der Waals surface area contributed by atoms with Crippen molar-refractivity contribution in [2.24, 2.45) is 0 Å². The molecule has 2 N–H and O–H groups in total. The standard InChI is InChI=1S/C24H23F3N6O2/c1-15-20(30-16(2)34)4-3-5-21(15)31-22-28-14-29-23(32-22)33-12-10-18(11-13-33)17-6-8-19(9-7-17)35-24(25,26)27/h3-10,14H,11-13H2,1-2H3,(H,30,34)(H,28,29,31,32). The van der Waals surface area contributed by atoms with Gasteiger partial charge in [0.1, 0.15) is 12.1 Å². The van der Waals surface area contributed by atoms with E-state index in [-0.39, 0.29) is 11.7 Å². The van der Waals surface area contributed by atoms with Crippen molar-refractivity contribution >= 4 is 34.8 Å². The van der Waals surface area contributed by atoms with Crippen molar-refractivity contribution in [1.29, 1.82) is 0 Å². The maximum Gasteiger partial charge on any atom is 0.573 e. The summed E-state index contributed by atoms with van der Waals surface area (Å²) < 4.78 is 41.0. The van der Waals surface area contributed by atoms with Crippen molar-refractivity contribution in [1.82, 2.24) is 15.0 Å². The van der Waals surface area contributed by atoms with Crippen molar-refractivity contribution in [2.75, 3.05) is 28.6 Å². The number of nitrogens with one attached hydrogen (secondary N) is 2. The molecule has 3 aromatic rings. The zero-order chi connectivity index (χ0) is 25.0. The Morgan fingerprint density at radius 1 is 1.09 bits per heavy atom. The van der Waals surface area contributed by atoms with Crippen LogP contribution in [0.3, 0.4) is 0 Å². The summed E-state index contributed by atoms with van der Waals surface area (Å²) in [5.41, 5.74) is 4.17. The molecule has 8 nitrogen and oxygen atoms in total. The van der Waals surface area contributed by atoms with Crippen LogP contribution in [0.25, 0.3) is 5.57 Å².